The SMILES string of the molecule is NC(=O)Cc1ncc(Cl)cc1O. The largest absolute Gasteiger partial charge is 0.506 e. The fourth-order valence-corrected chi connectivity index (χ4v) is 0.910. The topological polar surface area (TPSA) is 76.2 Å². The Morgan fingerprint density at radius 2 is 2.42 bits per heavy atom. The smallest absolute Gasteiger partial charge is 0.223 e. The van der Waals surface area contributed by atoms with Crippen LogP contribution in [-0.2, 0) is 11.2 Å². The van der Waals surface area contributed by atoms with Gasteiger partial charge in [-0.1, -0.05) is 11.6 Å². The summed E-state index contributed by atoms with van der Waals surface area (Å²) in [6, 6.07) is 1.31. The monoisotopic (exact) mass is 186 g/mol. The number of nitrogens with two attached hydrogens (primary N) is 1. The maximum atomic E-state index is 10.4. The molecule has 0 saturated carbocycles. The number of amides is 1. The van der Waals surface area contributed by atoms with E-state index in [9.17, 15) is 9.90 Å². The normalized spacial score (nSPS) is 9.75. The molecule has 0 aliphatic heterocycles. The lowest BCUT2D eigenvalue weighted by Crippen LogP contribution is -2.14. The predicted molar refractivity (Wildman–Crippen MR) is 43.8 cm³/mol. The van der Waals surface area contributed by atoms with Crippen molar-refractivity contribution in [3.05, 3.63) is 23.0 Å². The van der Waals surface area contributed by atoms with Gasteiger partial charge in [-0.3, -0.25) is 9.78 Å². The molecule has 0 spiro atoms. The van der Waals surface area contributed by atoms with E-state index in [1.54, 1.807) is 0 Å². The molecule has 5 heteroatoms. The lowest BCUT2D eigenvalue weighted by Gasteiger charge is -2.00. The van der Waals surface area contributed by atoms with E-state index in [4.69, 9.17) is 17.3 Å². The van der Waals surface area contributed by atoms with E-state index >= 15 is 0 Å². The first kappa shape index (κ1) is 8.80. The van der Waals surface area contributed by atoms with Crippen LogP contribution in [0.5, 0.6) is 5.75 Å². The number of hydrogen-bond acceptors (Lipinski definition) is 3. The third-order valence-corrected chi connectivity index (χ3v) is 1.46. The first-order chi connectivity index (χ1) is 5.59. The molecular formula is C7H7ClN2O2. The van der Waals surface area contributed by atoms with Crippen molar-refractivity contribution in [3.8, 4) is 5.75 Å². The van der Waals surface area contributed by atoms with Crippen LogP contribution >= 0.6 is 11.6 Å². The van der Waals surface area contributed by atoms with E-state index in [-0.39, 0.29) is 17.9 Å². The highest BCUT2D eigenvalue weighted by Gasteiger charge is 2.06. The Hall–Kier alpha value is -1.29. The van der Waals surface area contributed by atoms with Gasteiger partial charge >= 0.3 is 0 Å². The van der Waals surface area contributed by atoms with E-state index in [0.717, 1.165) is 0 Å². The molecular weight excluding hydrogens is 180 g/mol. The molecule has 0 aliphatic rings. The number of carbonyl (C=O) groups excluding carboxylic acids is 1. The van der Waals surface area contributed by atoms with Crippen molar-refractivity contribution in [2.75, 3.05) is 0 Å². The van der Waals surface area contributed by atoms with Crippen LogP contribution in [0.2, 0.25) is 5.02 Å². The number of pyridine rings is 1. The molecule has 1 rings (SSSR count). The predicted octanol–water partition coefficient (Wildman–Crippen LogP) is 0.468. The second-order valence-electron chi connectivity index (χ2n) is 2.26. The molecule has 0 atom stereocenters. The van der Waals surface area contributed by atoms with Gasteiger partial charge in [-0.25, -0.2) is 0 Å². The minimum absolute atomic E-state index is 0.0804. The van der Waals surface area contributed by atoms with Crippen LogP contribution < -0.4 is 5.73 Å². The minimum Gasteiger partial charge on any atom is -0.506 e. The number of primary amides is 1. The second kappa shape index (κ2) is 3.40. The Morgan fingerprint density at radius 3 is 2.92 bits per heavy atom. The van der Waals surface area contributed by atoms with Gasteiger partial charge in [0.15, 0.2) is 0 Å². The minimum atomic E-state index is -0.542. The zero-order valence-electron chi connectivity index (χ0n) is 6.12. The number of nitrogens with zero attached hydrogens (tertiary/aromatic N) is 1. The Labute approximate surface area is 74.0 Å². The summed E-state index contributed by atoms with van der Waals surface area (Å²) in [6.07, 6.45) is 1.27. The summed E-state index contributed by atoms with van der Waals surface area (Å²) in [5.74, 6) is -0.651. The number of halogens is 1. The molecule has 1 heterocycles. The van der Waals surface area contributed by atoms with Crippen LogP contribution in [0.25, 0.3) is 0 Å². The molecule has 0 aromatic carbocycles. The lowest BCUT2D eigenvalue weighted by molar-refractivity contribution is -0.117. The van der Waals surface area contributed by atoms with Gasteiger partial charge in [0, 0.05) is 12.3 Å². The quantitative estimate of drug-likeness (QED) is 0.705. The Kier molecular flexibility index (Phi) is 2.50. The van der Waals surface area contributed by atoms with Crippen LogP contribution in [0.1, 0.15) is 5.69 Å². The molecule has 0 radical (unpaired) electrons. The van der Waals surface area contributed by atoms with Crippen molar-refractivity contribution < 1.29 is 9.90 Å². The van der Waals surface area contributed by atoms with Crippen LogP contribution in [-0.4, -0.2) is 16.0 Å². The fourth-order valence-electron chi connectivity index (χ4n) is 0.758. The summed E-state index contributed by atoms with van der Waals surface area (Å²) in [6.45, 7) is 0. The van der Waals surface area contributed by atoms with Gasteiger partial charge in [-0.05, 0) is 0 Å². The molecule has 3 N–H and O–H groups in total. The fraction of sp³-hybridized carbons (Fsp3) is 0.143. The van der Waals surface area contributed by atoms with E-state index in [1.165, 1.54) is 12.3 Å². The zero-order chi connectivity index (χ0) is 9.14. The summed E-state index contributed by atoms with van der Waals surface area (Å²) in [7, 11) is 0. The van der Waals surface area contributed by atoms with Gasteiger partial charge in [0.05, 0.1) is 17.1 Å². The first-order valence-corrected chi connectivity index (χ1v) is 3.59. The van der Waals surface area contributed by atoms with Gasteiger partial charge in [0.2, 0.25) is 5.91 Å². The van der Waals surface area contributed by atoms with Crippen LogP contribution in [0.4, 0.5) is 0 Å². The number of hydrogen-bond donors (Lipinski definition) is 2. The average Bonchev–Trinajstić information content (AvgIpc) is 1.94. The van der Waals surface area contributed by atoms with Crippen molar-refractivity contribution >= 4 is 17.5 Å². The van der Waals surface area contributed by atoms with Crippen LogP contribution in [0.3, 0.4) is 0 Å². The number of aromatic nitrogens is 1. The number of aromatic hydroxyl groups is 1. The maximum absolute atomic E-state index is 10.4. The summed E-state index contributed by atoms with van der Waals surface area (Å²) < 4.78 is 0. The third-order valence-electron chi connectivity index (χ3n) is 1.26. The molecule has 0 bridgehead atoms. The molecule has 64 valence electrons. The Bertz CT molecular complexity index is 314. The Balaban J connectivity index is 2.93. The molecule has 0 fully saturated rings. The lowest BCUT2D eigenvalue weighted by atomic mass is 10.2. The molecule has 1 aromatic rings. The second-order valence-corrected chi connectivity index (χ2v) is 2.70. The van der Waals surface area contributed by atoms with Crippen molar-refractivity contribution in [1.29, 1.82) is 0 Å². The molecule has 0 aliphatic carbocycles. The number of carbonyl (C=O) groups is 1. The molecule has 12 heavy (non-hydrogen) atoms. The standard InChI is InChI=1S/C7H7ClN2O2/c8-4-1-6(11)5(10-3-4)2-7(9)12/h1,3,11H,2H2,(H2,9,12). The highest BCUT2D eigenvalue weighted by Crippen LogP contribution is 2.19. The van der Waals surface area contributed by atoms with Gasteiger partial charge in [-0.2, -0.15) is 0 Å². The summed E-state index contributed by atoms with van der Waals surface area (Å²) in [5, 5.41) is 9.51. The molecule has 4 nitrogen and oxygen atoms in total. The molecule has 0 unspecified atom stereocenters. The van der Waals surface area contributed by atoms with Crippen LogP contribution in [0, 0.1) is 0 Å². The molecule has 0 saturated heterocycles. The summed E-state index contributed by atoms with van der Waals surface area (Å²) >= 11 is 5.51. The summed E-state index contributed by atoms with van der Waals surface area (Å²) in [4.78, 5) is 14.2. The molecule has 1 aromatic heterocycles. The average molecular weight is 187 g/mol. The Morgan fingerprint density at radius 1 is 1.75 bits per heavy atom. The van der Waals surface area contributed by atoms with Crippen molar-refractivity contribution in [1.82, 2.24) is 4.98 Å². The highest BCUT2D eigenvalue weighted by atomic mass is 35.5. The van der Waals surface area contributed by atoms with Gasteiger partial charge in [0.25, 0.3) is 0 Å². The number of rotatable bonds is 2. The molecule has 1 amide bonds. The van der Waals surface area contributed by atoms with Gasteiger partial charge in [-0.15, -0.1) is 0 Å². The van der Waals surface area contributed by atoms with E-state index in [2.05, 4.69) is 4.98 Å². The van der Waals surface area contributed by atoms with E-state index < -0.39 is 5.91 Å². The van der Waals surface area contributed by atoms with Crippen molar-refractivity contribution in [2.24, 2.45) is 5.73 Å². The van der Waals surface area contributed by atoms with E-state index in [0.29, 0.717) is 5.02 Å². The first-order valence-electron chi connectivity index (χ1n) is 3.21. The van der Waals surface area contributed by atoms with Gasteiger partial charge < -0.3 is 10.8 Å². The maximum Gasteiger partial charge on any atom is 0.223 e. The van der Waals surface area contributed by atoms with E-state index in [1.807, 2.05) is 0 Å². The third kappa shape index (κ3) is 2.10. The van der Waals surface area contributed by atoms with Crippen molar-refractivity contribution in [2.45, 2.75) is 6.42 Å². The van der Waals surface area contributed by atoms with Crippen LogP contribution in [0.15, 0.2) is 12.3 Å². The highest BCUT2D eigenvalue weighted by molar-refractivity contribution is 6.30. The summed E-state index contributed by atoms with van der Waals surface area (Å²) in [5.41, 5.74) is 5.15. The van der Waals surface area contributed by atoms with Crippen molar-refractivity contribution in [3.63, 3.8) is 0 Å². The zero-order valence-corrected chi connectivity index (χ0v) is 6.88. The van der Waals surface area contributed by atoms with Gasteiger partial charge in [0.1, 0.15) is 5.75 Å².